The van der Waals surface area contributed by atoms with Gasteiger partial charge in [-0.1, -0.05) is 44.7 Å². The van der Waals surface area contributed by atoms with E-state index < -0.39 is 0 Å². The van der Waals surface area contributed by atoms with Gasteiger partial charge in [-0.15, -0.1) is 0 Å². The number of unbranched alkanes of at least 4 members (excludes halogenated alkanes) is 4. The summed E-state index contributed by atoms with van der Waals surface area (Å²) in [7, 11) is 1.58. The van der Waals surface area contributed by atoms with Gasteiger partial charge in [0.05, 0.1) is 19.4 Å². The maximum absolute atomic E-state index is 12.3. The average Bonchev–Trinajstić information content (AvgIpc) is 2.65. The lowest BCUT2D eigenvalue weighted by Gasteiger charge is -2.10. The van der Waals surface area contributed by atoms with Gasteiger partial charge in [0.2, 0.25) is 0 Å². The second-order valence-electron chi connectivity index (χ2n) is 5.94. The first-order valence-electron chi connectivity index (χ1n) is 8.92. The van der Waals surface area contributed by atoms with E-state index in [4.69, 9.17) is 9.47 Å². The molecule has 2 aromatic rings. The summed E-state index contributed by atoms with van der Waals surface area (Å²) in [5.74, 6) is 1.26. The van der Waals surface area contributed by atoms with Crippen molar-refractivity contribution in [2.45, 2.75) is 39.0 Å². The summed E-state index contributed by atoms with van der Waals surface area (Å²) in [5, 5.41) is 2.86. The van der Waals surface area contributed by atoms with Crippen molar-refractivity contribution in [3.63, 3.8) is 0 Å². The molecule has 0 atom stereocenters. The lowest BCUT2D eigenvalue weighted by molar-refractivity contribution is 0.102. The van der Waals surface area contributed by atoms with Gasteiger partial charge in [-0.05, 0) is 42.8 Å². The third-order valence-corrected chi connectivity index (χ3v) is 3.99. The molecule has 0 aliphatic rings. The predicted molar refractivity (Wildman–Crippen MR) is 102 cm³/mol. The molecule has 0 spiro atoms. The van der Waals surface area contributed by atoms with Crippen LogP contribution in [0.1, 0.15) is 49.4 Å². The van der Waals surface area contributed by atoms with Crippen molar-refractivity contribution >= 4 is 11.6 Å². The number of hydrogen-bond donors (Lipinski definition) is 1. The molecule has 4 heteroatoms. The van der Waals surface area contributed by atoms with E-state index in [-0.39, 0.29) is 5.91 Å². The maximum Gasteiger partial charge on any atom is 0.255 e. The first-order valence-corrected chi connectivity index (χ1v) is 8.92. The molecule has 0 aliphatic heterocycles. The van der Waals surface area contributed by atoms with E-state index >= 15 is 0 Å². The summed E-state index contributed by atoms with van der Waals surface area (Å²) >= 11 is 0. The highest BCUT2D eigenvalue weighted by atomic mass is 16.5. The molecule has 134 valence electrons. The summed E-state index contributed by atoms with van der Waals surface area (Å²) in [5.41, 5.74) is 1.24. The molecule has 0 radical (unpaired) electrons. The Morgan fingerprint density at radius 1 is 0.960 bits per heavy atom. The van der Waals surface area contributed by atoms with Crippen molar-refractivity contribution in [3.8, 4) is 11.5 Å². The van der Waals surface area contributed by atoms with Crippen LogP contribution in [0.4, 0.5) is 5.69 Å². The number of amides is 1. The number of rotatable bonds is 10. The van der Waals surface area contributed by atoms with E-state index in [1.165, 1.54) is 25.7 Å². The van der Waals surface area contributed by atoms with Gasteiger partial charge in [0, 0.05) is 5.56 Å². The van der Waals surface area contributed by atoms with Crippen molar-refractivity contribution in [2.75, 3.05) is 19.0 Å². The zero-order valence-corrected chi connectivity index (χ0v) is 15.1. The van der Waals surface area contributed by atoms with Crippen LogP contribution < -0.4 is 14.8 Å². The molecule has 0 unspecified atom stereocenters. The van der Waals surface area contributed by atoms with Gasteiger partial charge in [0.1, 0.15) is 11.5 Å². The van der Waals surface area contributed by atoms with Gasteiger partial charge in [-0.2, -0.15) is 0 Å². The second-order valence-corrected chi connectivity index (χ2v) is 5.94. The lowest BCUT2D eigenvalue weighted by atomic mass is 10.1. The maximum atomic E-state index is 12.3. The predicted octanol–water partition coefficient (Wildman–Crippen LogP) is 5.30. The molecule has 0 saturated carbocycles. The fourth-order valence-electron chi connectivity index (χ4n) is 2.54. The normalized spacial score (nSPS) is 10.3. The van der Waals surface area contributed by atoms with Gasteiger partial charge in [-0.3, -0.25) is 4.79 Å². The van der Waals surface area contributed by atoms with Crippen LogP contribution in [0.3, 0.4) is 0 Å². The highest BCUT2D eigenvalue weighted by Crippen LogP contribution is 2.24. The van der Waals surface area contributed by atoms with E-state index in [0.717, 1.165) is 18.8 Å². The van der Waals surface area contributed by atoms with E-state index in [9.17, 15) is 4.79 Å². The van der Waals surface area contributed by atoms with Gasteiger partial charge in [0.15, 0.2) is 0 Å². The van der Waals surface area contributed by atoms with Crippen molar-refractivity contribution < 1.29 is 14.3 Å². The Balaban J connectivity index is 1.83. The highest BCUT2D eigenvalue weighted by molar-refractivity contribution is 6.05. The number of carbonyl (C=O) groups is 1. The molecule has 2 rings (SSSR count). The van der Waals surface area contributed by atoms with Crippen molar-refractivity contribution in [2.24, 2.45) is 0 Å². The molecule has 1 amide bonds. The molecular weight excluding hydrogens is 314 g/mol. The SMILES string of the molecule is CCCCCCCOc1ccc(C(=O)Nc2ccccc2OC)cc1. The standard InChI is InChI=1S/C21H27NO3/c1-3-4-5-6-9-16-25-18-14-12-17(13-15-18)21(23)22-19-10-7-8-11-20(19)24-2/h7-8,10-15H,3-6,9,16H2,1-2H3,(H,22,23). The fraction of sp³-hybridized carbons (Fsp3) is 0.381. The Morgan fingerprint density at radius 2 is 1.68 bits per heavy atom. The van der Waals surface area contributed by atoms with E-state index in [0.29, 0.717) is 17.0 Å². The molecule has 1 N–H and O–H groups in total. The van der Waals surface area contributed by atoms with Gasteiger partial charge < -0.3 is 14.8 Å². The van der Waals surface area contributed by atoms with Crippen molar-refractivity contribution in [1.29, 1.82) is 0 Å². The zero-order valence-electron chi connectivity index (χ0n) is 15.1. The molecule has 2 aromatic carbocycles. The topological polar surface area (TPSA) is 47.6 Å². The van der Waals surface area contributed by atoms with Crippen molar-refractivity contribution in [1.82, 2.24) is 0 Å². The minimum atomic E-state index is -0.171. The van der Waals surface area contributed by atoms with Crippen LogP contribution in [0.2, 0.25) is 0 Å². The third kappa shape index (κ3) is 6.14. The monoisotopic (exact) mass is 341 g/mol. The van der Waals surface area contributed by atoms with Crippen LogP contribution in [0.25, 0.3) is 0 Å². The number of anilines is 1. The van der Waals surface area contributed by atoms with E-state index in [1.807, 2.05) is 36.4 Å². The Hall–Kier alpha value is -2.49. The Labute approximate surface area is 150 Å². The van der Waals surface area contributed by atoms with Crippen LogP contribution in [-0.4, -0.2) is 19.6 Å². The van der Waals surface area contributed by atoms with Gasteiger partial charge in [0.25, 0.3) is 5.91 Å². The molecule has 0 heterocycles. The lowest BCUT2D eigenvalue weighted by Crippen LogP contribution is -2.12. The quantitative estimate of drug-likeness (QED) is 0.597. The molecule has 0 bridgehead atoms. The molecule has 0 aromatic heterocycles. The summed E-state index contributed by atoms with van der Waals surface area (Å²) in [6.07, 6.45) is 6.07. The molecule has 0 saturated heterocycles. The van der Waals surface area contributed by atoms with Gasteiger partial charge >= 0.3 is 0 Å². The Morgan fingerprint density at radius 3 is 2.40 bits per heavy atom. The van der Waals surface area contributed by atoms with Gasteiger partial charge in [-0.25, -0.2) is 0 Å². The van der Waals surface area contributed by atoms with Crippen LogP contribution in [0.5, 0.6) is 11.5 Å². The molecule has 25 heavy (non-hydrogen) atoms. The summed E-state index contributed by atoms with van der Waals surface area (Å²) < 4.78 is 11.0. The number of benzene rings is 2. The molecular formula is C21H27NO3. The fourth-order valence-corrected chi connectivity index (χ4v) is 2.54. The minimum Gasteiger partial charge on any atom is -0.495 e. The number of hydrogen-bond acceptors (Lipinski definition) is 3. The molecule has 4 nitrogen and oxygen atoms in total. The number of para-hydroxylation sites is 2. The Kier molecular flexibility index (Phi) is 7.83. The summed E-state index contributed by atoms with van der Waals surface area (Å²) in [6.45, 7) is 2.93. The van der Waals surface area contributed by atoms with Crippen molar-refractivity contribution in [3.05, 3.63) is 54.1 Å². The largest absolute Gasteiger partial charge is 0.495 e. The number of carbonyl (C=O) groups excluding carboxylic acids is 1. The van der Waals surface area contributed by atoms with Crippen LogP contribution in [0.15, 0.2) is 48.5 Å². The molecule has 0 aliphatic carbocycles. The minimum absolute atomic E-state index is 0.171. The second kappa shape index (κ2) is 10.4. The smallest absolute Gasteiger partial charge is 0.255 e. The molecule has 0 fully saturated rings. The third-order valence-electron chi connectivity index (χ3n) is 3.99. The zero-order chi connectivity index (χ0) is 17.9. The average molecular weight is 341 g/mol. The number of methoxy groups -OCH3 is 1. The Bertz CT molecular complexity index is 652. The highest BCUT2D eigenvalue weighted by Gasteiger charge is 2.09. The van der Waals surface area contributed by atoms with Crippen LogP contribution >= 0.6 is 0 Å². The first-order chi connectivity index (χ1) is 12.2. The van der Waals surface area contributed by atoms with E-state index in [1.54, 1.807) is 19.2 Å². The van der Waals surface area contributed by atoms with E-state index in [2.05, 4.69) is 12.2 Å². The first kappa shape index (κ1) is 18.8. The van der Waals surface area contributed by atoms with Crippen LogP contribution in [-0.2, 0) is 0 Å². The summed E-state index contributed by atoms with van der Waals surface area (Å²) in [4.78, 5) is 12.3. The number of nitrogens with one attached hydrogen (secondary N) is 1. The summed E-state index contributed by atoms with van der Waals surface area (Å²) in [6, 6.07) is 14.6. The number of ether oxygens (including phenoxy) is 2. The van der Waals surface area contributed by atoms with Crippen LogP contribution in [0, 0.1) is 0 Å².